The summed E-state index contributed by atoms with van der Waals surface area (Å²) in [6.07, 6.45) is 6.02. The van der Waals surface area contributed by atoms with Crippen molar-refractivity contribution in [3.05, 3.63) is 53.0 Å². The van der Waals surface area contributed by atoms with Gasteiger partial charge in [-0.15, -0.1) is 0 Å². The lowest BCUT2D eigenvalue weighted by Crippen LogP contribution is -2.61. The van der Waals surface area contributed by atoms with Crippen molar-refractivity contribution in [3.63, 3.8) is 0 Å². The van der Waals surface area contributed by atoms with Crippen LogP contribution in [0.3, 0.4) is 0 Å². The van der Waals surface area contributed by atoms with Crippen molar-refractivity contribution in [2.24, 2.45) is 5.41 Å². The average molecular weight is 547 g/mol. The molecule has 5 rings (SSSR count). The van der Waals surface area contributed by atoms with Crippen molar-refractivity contribution >= 4 is 28.8 Å². The van der Waals surface area contributed by atoms with Crippen molar-refractivity contribution < 1.29 is 19.1 Å². The number of fused-ring (bicyclic) bond motifs is 1. The smallest absolute Gasteiger partial charge is 0.337 e. The molecule has 0 spiro atoms. The number of hydrogen-bond donors (Lipinski definition) is 1. The maximum absolute atomic E-state index is 13.9. The van der Waals surface area contributed by atoms with Gasteiger partial charge >= 0.3 is 5.97 Å². The second-order valence-electron chi connectivity index (χ2n) is 14.0. The van der Waals surface area contributed by atoms with E-state index in [0.29, 0.717) is 48.1 Å². The Morgan fingerprint density at radius 3 is 2.33 bits per heavy atom. The number of amides is 1. The minimum atomic E-state index is -1.00. The first-order valence-electron chi connectivity index (χ1n) is 14.4. The molecule has 2 fully saturated rings. The third kappa shape index (κ3) is 5.45. The SMILES string of the molecule is CC1(C)CCC(c2cc(C(C)(C)C)c3oc(C(=O)N4CCN(c5ccc(C(=O)O)cn5)CC4(C)C)cc3n2)CC1. The minimum absolute atomic E-state index is 0.141. The van der Waals surface area contributed by atoms with E-state index in [1.54, 1.807) is 12.1 Å². The monoisotopic (exact) mass is 546 g/mol. The zero-order chi connectivity index (χ0) is 29.0. The molecule has 1 aliphatic heterocycles. The van der Waals surface area contributed by atoms with Crippen molar-refractivity contribution in [1.82, 2.24) is 14.9 Å². The van der Waals surface area contributed by atoms with Crippen LogP contribution in [0.5, 0.6) is 0 Å². The molecular weight excluding hydrogens is 504 g/mol. The molecule has 3 aromatic rings. The summed E-state index contributed by atoms with van der Waals surface area (Å²) in [7, 11) is 0. The van der Waals surface area contributed by atoms with E-state index < -0.39 is 11.5 Å². The first kappa shape index (κ1) is 28.1. The summed E-state index contributed by atoms with van der Waals surface area (Å²) < 4.78 is 6.32. The summed E-state index contributed by atoms with van der Waals surface area (Å²) in [5.74, 6) is 0.307. The van der Waals surface area contributed by atoms with Gasteiger partial charge in [-0.1, -0.05) is 34.6 Å². The first-order valence-corrected chi connectivity index (χ1v) is 14.4. The molecule has 0 bridgehead atoms. The Morgan fingerprint density at radius 1 is 1.05 bits per heavy atom. The number of rotatable bonds is 4. The summed E-state index contributed by atoms with van der Waals surface area (Å²) in [4.78, 5) is 38.4. The standard InChI is InChI=1S/C32H42N4O4/c1-30(2,3)22-16-23(20-10-12-31(4,5)13-11-20)34-24-17-25(40-27(22)24)28(37)36-15-14-35(19-32(36,6)7)26-9-8-21(18-33-26)29(38)39/h8-9,16-18,20H,10-15,19H2,1-7H3,(H,38,39). The van der Waals surface area contributed by atoms with E-state index >= 15 is 0 Å². The van der Waals surface area contributed by atoms with Crippen LogP contribution >= 0.6 is 0 Å². The fourth-order valence-corrected chi connectivity index (χ4v) is 6.17. The lowest BCUT2D eigenvalue weighted by atomic mass is 9.72. The number of aromatic carboxylic acids is 1. The van der Waals surface area contributed by atoms with Gasteiger partial charge in [-0.3, -0.25) is 4.79 Å². The number of piperazine rings is 1. The lowest BCUT2D eigenvalue weighted by molar-refractivity contribution is 0.0483. The van der Waals surface area contributed by atoms with Crippen LogP contribution in [0.1, 0.15) is 112 Å². The van der Waals surface area contributed by atoms with Crippen molar-refractivity contribution in [2.75, 3.05) is 24.5 Å². The number of pyridine rings is 2. The first-order chi connectivity index (χ1) is 18.6. The van der Waals surface area contributed by atoms with Crippen LogP contribution in [0.15, 0.2) is 34.9 Å². The van der Waals surface area contributed by atoms with Gasteiger partial charge in [-0.2, -0.15) is 0 Å². The molecule has 1 N–H and O–H groups in total. The molecule has 40 heavy (non-hydrogen) atoms. The molecule has 214 valence electrons. The Morgan fingerprint density at radius 2 is 1.75 bits per heavy atom. The molecule has 0 atom stereocenters. The second-order valence-corrected chi connectivity index (χ2v) is 14.0. The third-order valence-corrected chi connectivity index (χ3v) is 8.74. The lowest BCUT2D eigenvalue weighted by Gasteiger charge is -2.47. The van der Waals surface area contributed by atoms with Crippen LogP contribution in [0.4, 0.5) is 5.82 Å². The molecule has 1 saturated carbocycles. The van der Waals surface area contributed by atoms with Crippen LogP contribution in [-0.2, 0) is 5.41 Å². The van der Waals surface area contributed by atoms with E-state index in [9.17, 15) is 14.7 Å². The predicted octanol–water partition coefficient (Wildman–Crippen LogP) is 6.64. The van der Waals surface area contributed by atoms with Crippen LogP contribution < -0.4 is 4.90 Å². The Labute approximate surface area is 236 Å². The van der Waals surface area contributed by atoms with Crippen LogP contribution in [0.2, 0.25) is 0 Å². The number of carboxylic acids is 1. The Bertz CT molecular complexity index is 1420. The highest BCUT2D eigenvalue weighted by atomic mass is 16.4. The Balaban J connectivity index is 1.41. The van der Waals surface area contributed by atoms with E-state index in [2.05, 4.69) is 50.6 Å². The van der Waals surface area contributed by atoms with Gasteiger partial charge in [-0.25, -0.2) is 14.8 Å². The molecule has 3 aromatic heterocycles. The Hall–Kier alpha value is -3.42. The van der Waals surface area contributed by atoms with Gasteiger partial charge < -0.3 is 19.3 Å². The molecule has 8 nitrogen and oxygen atoms in total. The number of carboxylic acid groups (broad SMARTS) is 1. The van der Waals surface area contributed by atoms with E-state index in [4.69, 9.17) is 9.40 Å². The largest absolute Gasteiger partial charge is 0.478 e. The number of furan rings is 1. The van der Waals surface area contributed by atoms with Crippen LogP contribution in [0, 0.1) is 5.41 Å². The minimum Gasteiger partial charge on any atom is -0.478 e. The highest BCUT2D eigenvalue weighted by Crippen LogP contribution is 2.43. The summed E-state index contributed by atoms with van der Waals surface area (Å²) in [6.45, 7) is 16.9. The van der Waals surface area contributed by atoms with Gasteiger partial charge in [0, 0.05) is 49.1 Å². The fraction of sp³-hybridized carbons (Fsp3) is 0.562. The average Bonchev–Trinajstić information content (AvgIpc) is 3.31. The number of anilines is 1. The molecule has 1 amide bonds. The predicted molar refractivity (Wildman–Crippen MR) is 156 cm³/mol. The van der Waals surface area contributed by atoms with Crippen molar-refractivity contribution in [2.45, 2.75) is 91.0 Å². The zero-order valence-corrected chi connectivity index (χ0v) is 24.9. The zero-order valence-electron chi connectivity index (χ0n) is 24.9. The fourth-order valence-electron chi connectivity index (χ4n) is 6.17. The maximum atomic E-state index is 13.9. The van der Waals surface area contributed by atoms with E-state index in [0.717, 1.165) is 29.6 Å². The molecule has 0 radical (unpaired) electrons. The normalized spacial score (nSPS) is 19.7. The molecular formula is C32H42N4O4. The number of carbonyl (C=O) groups is 2. The van der Waals surface area contributed by atoms with Gasteiger partial charge in [0.15, 0.2) is 11.3 Å². The van der Waals surface area contributed by atoms with Crippen molar-refractivity contribution in [1.29, 1.82) is 0 Å². The van der Waals surface area contributed by atoms with E-state index in [1.165, 1.54) is 19.0 Å². The summed E-state index contributed by atoms with van der Waals surface area (Å²) >= 11 is 0. The highest BCUT2D eigenvalue weighted by Gasteiger charge is 2.39. The Kier molecular flexibility index (Phi) is 6.95. The number of aromatic nitrogens is 2. The van der Waals surface area contributed by atoms with Crippen LogP contribution in [0.25, 0.3) is 11.1 Å². The highest BCUT2D eigenvalue weighted by molar-refractivity contribution is 5.96. The van der Waals surface area contributed by atoms with E-state index in [1.807, 2.05) is 24.8 Å². The van der Waals surface area contributed by atoms with Crippen molar-refractivity contribution in [3.8, 4) is 0 Å². The number of carbonyl (C=O) groups excluding carboxylic acids is 1. The van der Waals surface area contributed by atoms with E-state index in [-0.39, 0.29) is 16.9 Å². The van der Waals surface area contributed by atoms with Gasteiger partial charge in [0.05, 0.1) is 11.1 Å². The van der Waals surface area contributed by atoms with Gasteiger partial charge in [0.25, 0.3) is 5.91 Å². The summed E-state index contributed by atoms with van der Waals surface area (Å²) in [6, 6.07) is 7.33. The maximum Gasteiger partial charge on any atom is 0.337 e. The van der Waals surface area contributed by atoms with Gasteiger partial charge in [0.1, 0.15) is 11.3 Å². The number of nitrogens with zero attached hydrogens (tertiary/aromatic N) is 4. The molecule has 4 heterocycles. The second kappa shape index (κ2) is 9.89. The quantitative estimate of drug-likeness (QED) is 0.391. The van der Waals surface area contributed by atoms with Crippen LogP contribution in [-0.4, -0.2) is 57.0 Å². The molecule has 0 unspecified atom stereocenters. The third-order valence-electron chi connectivity index (χ3n) is 8.74. The number of hydrogen-bond acceptors (Lipinski definition) is 6. The molecule has 0 aromatic carbocycles. The topological polar surface area (TPSA) is 99.8 Å². The van der Waals surface area contributed by atoms with Gasteiger partial charge in [-0.05, 0) is 68.6 Å². The summed E-state index contributed by atoms with van der Waals surface area (Å²) in [5, 5.41) is 9.18. The molecule has 1 saturated heterocycles. The van der Waals surface area contributed by atoms with Gasteiger partial charge in [0.2, 0.25) is 0 Å². The molecule has 1 aliphatic carbocycles. The summed E-state index contributed by atoms with van der Waals surface area (Å²) in [5.41, 5.74) is 3.56. The molecule has 2 aliphatic rings. The molecule has 8 heteroatoms.